The standard InChI is InChI=1S/C13H9.C11H8Cl.C3H6.2ClH.Zr/c1-3-7-12-10(5-1)9-11-6-2-4-8-13(11)12;12-11-7-5-10(6-8-11)9-3-1-2-4-9;1-3-2;;;/h1-9H;1-8H;1-2H3;2*1H;/q2*-1;;;;+2/p-2. The van der Waals surface area contributed by atoms with Gasteiger partial charge in [0.05, 0.1) is 0 Å². The normalized spacial score (nSPS) is 10.1. The molecule has 0 heterocycles. The minimum atomic E-state index is -1.84. The summed E-state index contributed by atoms with van der Waals surface area (Å²) in [5.74, 6) is 0. The molecule has 5 aromatic rings. The van der Waals surface area contributed by atoms with E-state index < -0.39 is 18.9 Å². The molecule has 0 unspecified atom stereocenters. The maximum absolute atomic E-state index is 5.77. The van der Waals surface area contributed by atoms with Crippen LogP contribution in [-0.4, -0.2) is 3.21 Å². The molecule has 0 fully saturated rings. The van der Waals surface area contributed by atoms with E-state index in [0.29, 0.717) is 0 Å². The van der Waals surface area contributed by atoms with Gasteiger partial charge >= 0.3 is 53.0 Å². The third-order valence-electron chi connectivity index (χ3n) is 4.74. The monoisotopic (exact) mass is 542 g/mol. The second kappa shape index (κ2) is 11.9. The Morgan fingerprint density at radius 3 is 1.68 bits per heavy atom. The summed E-state index contributed by atoms with van der Waals surface area (Å²) in [5.41, 5.74) is 2.45. The Morgan fingerprint density at radius 2 is 1.23 bits per heavy atom. The SMILES string of the molecule is C[C](C)=[Zr]([Cl])[Cl].Clc1ccc(-c2ccc[cH-]2)cc1.c1ccc2c(c1)[cH-]c1ccccc12. The van der Waals surface area contributed by atoms with E-state index in [1.54, 1.807) is 0 Å². The number of rotatable bonds is 1. The molecule has 0 saturated carbocycles. The van der Waals surface area contributed by atoms with Crippen LogP contribution >= 0.6 is 28.6 Å². The Morgan fingerprint density at radius 1 is 0.710 bits per heavy atom. The number of fused-ring (bicyclic) bond motifs is 3. The summed E-state index contributed by atoms with van der Waals surface area (Å²) < 4.78 is 1.24. The van der Waals surface area contributed by atoms with Gasteiger partial charge in [0.1, 0.15) is 0 Å². The van der Waals surface area contributed by atoms with Gasteiger partial charge in [0.25, 0.3) is 0 Å². The summed E-state index contributed by atoms with van der Waals surface area (Å²) in [5, 5.41) is 6.17. The number of halogens is 3. The maximum Gasteiger partial charge on any atom is 0.0390 e. The molecular formula is C27H23Cl3Zr-2. The van der Waals surface area contributed by atoms with Crippen molar-refractivity contribution in [3.8, 4) is 11.1 Å². The Bertz CT molecular complexity index is 1190. The van der Waals surface area contributed by atoms with Crippen LogP contribution in [0.15, 0.2) is 103 Å². The Hall–Kier alpha value is -1.50. The third kappa shape index (κ3) is 6.99. The van der Waals surface area contributed by atoms with Crippen molar-refractivity contribution < 1.29 is 18.9 Å². The summed E-state index contributed by atoms with van der Waals surface area (Å²) in [6.45, 7) is 3.96. The van der Waals surface area contributed by atoms with Crippen molar-refractivity contribution in [3.05, 3.63) is 108 Å². The molecule has 0 atom stereocenters. The zero-order chi connectivity index (χ0) is 22.2. The van der Waals surface area contributed by atoms with Gasteiger partial charge in [-0.15, -0.1) is 51.4 Å². The second-order valence-electron chi connectivity index (χ2n) is 7.26. The van der Waals surface area contributed by atoms with Gasteiger partial charge in [0.2, 0.25) is 0 Å². The third-order valence-corrected chi connectivity index (χ3v) is 11.3. The van der Waals surface area contributed by atoms with E-state index >= 15 is 0 Å². The van der Waals surface area contributed by atoms with Crippen LogP contribution in [0.3, 0.4) is 0 Å². The minimum absolute atomic E-state index is 0.783. The molecule has 0 saturated heterocycles. The van der Waals surface area contributed by atoms with E-state index in [1.807, 2.05) is 50.2 Å². The van der Waals surface area contributed by atoms with Crippen LogP contribution in [-0.2, 0) is 18.9 Å². The topological polar surface area (TPSA) is 0 Å². The predicted molar refractivity (Wildman–Crippen MR) is 138 cm³/mol. The van der Waals surface area contributed by atoms with E-state index in [2.05, 4.69) is 66.7 Å². The first-order chi connectivity index (χ1) is 15.0. The van der Waals surface area contributed by atoms with Crippen molar-refractivity contribution in [2.24, 2.45) is 0 Å². The summed E-state index contributed by atoms with van der Waals surface area (Å²) in [7, 11) is 11.1. The first-order valence-electron chi connectivity index (χ1n) is 9.95. The Labute approximate surface area is 204 Å². The fraction of sp³-hybridized carbons (Fsp3) is 0.0741. The fourth-order valence-corrected chi connectivity index (χ4v) is 3.24. The van der Waals surface area contributed by atoms with Crippen LogP contribution < -0.4 is 0 Å². The summed E-state index contributed by atoms with van der Waals surface area (Å²) in [6, 6.07) is 35.4. The Kier molecular flexibility index (Phi) is 9.30. The first kappa shape index (κ1) is 24.2. The van der Waals surface area contributed by atoms with Crippen LogP contribution in [0.5, 0.6) is 0 Å². The van der Waals surface area contributed by atoms with E-state index in [1.165, 1.54) is 35.9 Å². The van der Waals surface area contributed by atoms with Crippen molar-refractivity contribution >= 4 is 53.4 Å². The second-order valence-corrected chi connectivity index (χ2v) is 17.1. The van der Waals surface area contributed by atoms with Crippen LogP contribution in [0.25, 0.3) is 32.7 Å². The van der Waals surface area contributed by atoms with Gasteiger partial charge in [-0.25, -0.2) is 0 Å². The molecule has 31 heavy (non-hydrogen) atoms. The largest absolute Gasteiger partial charge is 0.176 e. The minimum Gasteiger partial charge on any atom is -0.176 e. The molecule has 0 aliphatic rings. The molecule has 0 amide bonds. The average Bonchev–Trinajstić information content (AvgIpc) is 3.43. The van der Waals surface area contributed by atoms with Crippen molar-refractivity contribution in [1.82, 2.24) is 0 Å². The van der Waals surface area contributed by atoms with Crippen LogP contribution in [0.1, 0.15) is 13.8 Å². The van der Waals surface area contributed by atoms with Crippen molar-refractivity contribution in [2.45, 2.75) is 13.8 Å². The van der Waals surface area contributed by atoms with Crippen LogP contribution in [0, 0.1) is 0 Å². The zero-order valence-electron chi connectivity index (χ0n) is 17.4. The Balaban J connectivity index is 0.000000142. The van der Waals surface area contributed by atoms with Gasteiger partial charge in [0, 0.05) is 5.02 Å². The molecule has 4 heteroatoms. The van der Waals surface area contributed by atoms with Gasteiger partial charge in [-0.3, -0.25) is 0 Å². The molecule has 0 aliphatic heterocycles. The molecule has 0 spiro atoms. The zero-order valence-corrected chi connectivity index (χ0v) is 22.2. The fourth-order valence-electron chi connectivity index (χ4n) is 3.11. The summed E-state index contributed by atoms with van der Waals surface area (Å²) in [6.07, 6.45) is 0. The molecular weight excluding hydrogens is 522 g/mol. The number of benzene rings is 3. The van der Waals surface area contributed by atoms with E-state index in [0.717, 1.165) is 5.02 Å². The average molecular weight is 545 g/mol. The molecule has 0 radical (unpaired) electrons. The van der Waals surface area contributed by atoms with Gasteiger partial charge < -0.3 is 0 Å². The summed E-state index contributed by atoms with van der Waals surface area (Å²) >= 11 is 3.93. The number of hydrogen-bond acceptors (Lipinski definition) is 0. The first-order valence-corrected chi connectivity index (χ1v) is 17.9. The molecule has 0 nitrogen and oxygen atoms in total. The number of hydrogen-bond donors (Lipinski definition) is 0. The maximum atomic E-state index is 5.77. The molecule has 0 N–H and O–H groups in total. The van der Waals surface area contributed by atoms with Crippen molar-refractivity contribution in [2.75, 3.05) is 0 Å². The van der Waals surface area contributed by atoms with Crippen LogP contribution in [0.4, 0.5) is 0 Å². The van der Waals surface area contributed by atoms with Crippen LogP contribution in [0.2, 0.25) is 5.02 Å². The quantitative estimate of drug-likeness (QED) is 0.184. The van der Waals surface area contributed by atoms with Gasteiger partial charge in [0.15, 0.2) is 0 Å². The van der Waals surface area contributed by atoms with Crippen molar-refractivity contribution in [3.63, 3.8) is 0 Å². The molecule has 0 bridgehead atoms. The van der Waals surface area contributed by atoms with E-state index in [4.69, 9.17) is 28.6 Å². The van der Waals surface area contributed by atoms with Crippen molar-refractivity contribution in [1.29, 1.82) is 0 Å². The van der Waals surface area contributed by atoms with Gasteiger partial charge in [-0.05, 0) is 0 Å². The predicted octanol–water partition coefficient (Wildman–Crippen LogP) is 9.56. The molecule has 0 aliphatic carbocycles. The summed E-state index contributed by atoms with van der Waals surface area (Å²) in [4.78, 5) is 0. The van der Waals surface area contributed by atoms with E-state index in [9.17, 15) is 0 Å². The molecule has 5 rings (SSSR count). The smallest absolute Gasteiger partial charge is 0.0390 e. The molecule has 5 aromatic carbocycles. The van der Waals surface area contributed by atoms with Gasteiger partial charge in [-0.1, -0.05) is 72.3 Å². The molecule has 0 aromatic heterocycles. The van der Waals surface area contributed by atoms with E-state index in [-0.39, 0.29) is 0 Å². The van der Waals surface area contributed by atoms with Gasteiger partial charge in [-0.2, -0.15) is 23.8 Å². The molecule has 158 valence electrons.